The summed E-state index contributed by atoms with van der Waals surface area (Å²) in [6.45, 7) is 1.84. The van der Waals surface area contributed by atoms with Crippen LogP contribution in [0.1, 0.15) is 40.5 Å². The molecule has 1 fully saturated rings. The smallest absolute Gasteiger partial charge is 0.337 e. The summed E-state index contributed by atoms with van der Waals surface area (Å²) in [4.78, 5) is 39.7. The summed E-state index contributed by atoms with van der Waals surface area (Å²) in [6, 6.07) is 21.4. The van der Waals surface area contributed by atoms with Crippen molar-refractivity contribution in [2.45, 2.75) is 25.0 Å². The van der Waals surface area contributed by atoms with E-state index in [0.717, 1.165) is 5.56 Å². The van der Waals surface area contributed by atoms with Gasteiger partial charge in [0.15, 0.2) is 0 Å². The molecule has 1 N–H and O–H groups in total. The highest BCUT2D eigenvalue weighted by atomic mass is 19.1. The quantitative estimate of drug-likeness (QED) is 0.536. The highest BCUT2D eigenvalue weighted by Crippen LogP contribution is 2.48. The molecule has 2 aliphatic rings. The van der Waals surface area contributed by atoms with Crippen LogP contribution in [-0.2, 0) is 14.3 Å². The summed E-state index contributed by atoms with van der Waals surface area (Å²) in [7, 11) is 0. The summed E-state index contributed by atoms with van der Waals surface area (Å²) >= 11 is 0. The Kier molecular flexibility index (Phi) is 6.35. The molecule has 0 aromatic heterocycles. The maximum Gasteiger partial charge on any atom is 0.337 e. The Bertz CT molecular complexity index is 1330. The highest BCUT2D eigenvalue weighted by Gasteiger charge is 2.55. The van der Waals surface area contributed by atoms with Crippen molar-refractivity contribution in [3.05, 3.63) is 119 Å². The number of hydrogen-bond donors (Lipinski definition) is 1. The summed E-state index contributed by atoms with van der Waals surface area (Å²) in [5.41, 5.74) is 1.88. The lowest BCUT2D eigenvalue weighted by molar-refractivity contribution is -0.140. The van der Waals surface area contributed by atoms with E-state index < -0.39 is 41.7 Å². The van der Waals surface area contributed by atoms with Gasteiger partial charge in [0.05, 0.1) is 24.3 Å². The minimum Gasteiger partial charge on any atom is -0.463 e. The van der Waals surface area contributed by atoms with Crippen molar-refractivity contribution in [2.24, 2.45) is 0 Å². The molecule has 5 rings (SSSR count). The molecule has 8 heteroatoms. The van der Waals surface area contributed by atoms with Gasteiger partial charge in [-0.25, -0.2) is 14.2 Å². The lowest BCUT2D eigenvalue weighted by Crippen LogP contribution is -2.43. The summed E-state index contributed by atoms with van der Waals surface area (Å²) in [5, 5.41) is 5.94. The van der Waals surface area contributed by atoms with Crippen LogP contribution < -0.4 is 5.32 Å². The van der Waals surface area contributed by atoms with Gasteiger partial charge in [-0.15, -0.1) is 0 Å². The van der Waals surface area contributed by atoms with Crippen LogP contribution in [0.25, 0.3) is 0 Å². The van der Waals surface area contributed by atoms with Gasteiger partial charge in [-0.1, -0.05) is 60.7 Å². The van der Waals surface area contributed by atoms with Crippen LogP contribution in [0.15, 0.2) is 96.7 Å². The number of nitrogens with one attached hydrogen (secondary N) is 1. The number of rotatable bonds is 6. The van der Waals surface area contributed by atoms with Crippen LogP contribution in [0, 0.1) is 5.82 Å². The van der Waals surface area contributed by atoms with Gasteiger partial charge in [-0.05, 0) is 42.3 Å². The Morgan fingerprint density at radius 3 is 2.28 bits per heavy atom. The predicted molar refractivity (Wildman–Crippen MR) is 129 cm³/mol. The molecule has 36 heavy (non-hydrogen) atoms. The molecule has 0 radical (unpaired) electrons. The molecule has 0 aliphatic carbocycles. The van der Waals surface area contributed by atoms with Crippen molar-refractivity contribution in [3.8, 4) is 0 Å². The lowest BCUT2D eigenvalue weighted by Gasteiger charge is -2.33. The SMILES string of the molecule is CCOC(=O)C1=CN2C(=O)[C@H](NC(=O)c3ccccc3)[C@@H](c3ccccc3)N2[C@H]1c1cccc(F)c1. The van der Waals surface area contributed by atoms with Crippen LogP contribution in [0.2, 0.25) is 0 Å². The van der Waals surface area contributed by atoms with E-state index in [2.05, 4.69) is 5.32 Å². The fourth-order valence-electron chi connectivity index (χ4n) is 4.78. The number of carbonyl (C=O) groups excluding carboxylic acids is 3. The first kappa shape index (κ1) is 23.4. The van der Waals surface area contributed by atoms with Crippen molar-refractivity contribution < 1.29 is 23.5 Å². The first-order valence-electron chi connectivity index (χ1n) is 11.7. The van der Waals surface area contributed by atoms with E-state index >= 15 is 0 Å². The van der Waals surface area contributed by atoms with Crippen molar-refractivity contribution in [1.29, 1.82) is 0 Å². The number of nitrogens with zero attached hydrogens (tertiary/aromatic N) is 2. The highest BCUT2D eigenvalue weighted by molar-refractivity contribution is 5.99. The molecular formula is C28H24FN3O4. The Balaban J connectivity index is 1.61. The maximum atomic E-state index is 14.3. The van der Waals surface area contributed by atoms with E-state index in [1.54, 1.807) is 54.4 Å². The number of halogens is 1. The first-order chi connectivity index (χ1) is 17.5. The van der Waals surface area contributed by atoms with Crippen LogP contribution >= 0.6 is 0 Å². The van der Waals surface area contributed by atoms with Crippen molar-refractivity contribution in [1.82, 2.24) is 15.3 Å². The molecule has 0 bridgehead atoms. The molecule has 3 aromatic carbocycles. The summed E-state index contributed by atoms with van der Waals surface area (Å²) < 4.78 is 19.5. The number of fused-ring (bicyclic) bond motifs is 1. The third-order valence-corrected chi connectivity index (χ3v) is 6.30. The summed E-state index contributed by atoms with van der Waals surface area (Å²) in [6.07, 6.45) is 1.43. The number of ether oxygens (including phenoxy) is 1. The molecule has 2 aliphatic heterocycles. The van der Waals surface area contributed by atoms with Gasteiger partial charge < -0.3 is 10.1 Å². The second kappa shape index (κ2) is 9.75. The zero-order valence-corrected chi connectivity index (χ0v) is 19.5. The number of hydrogen-bond acceptors (Lipinski definition) is 5. The van der Waals surface area contributed by atoms with Crippen LogP contribution in [0.5, 0.6) is 0 Å². The third kappa shape index (κ3) is 4.16. The average Bonchev–Trinajstić information content (AvgIpc) is 3.40. The fourth-order valence-corrected chi connectivity index (χ4v) is 4.78. The Morgan fingerprint density at radius 1 is 0.944 bits per heavy atom. The molecular weight excluding hydrogens is 461 g/mol. The largest absolute Gasteiger partial charge is 0.463 e. The zero-order chi connectivity index (χ0) is 25.2. The maximum absolute atomic E-state index is 14.3. The number of amides is 2. The Morgan fingerprint density at radius 2 is 1.61 bits per heavy atom. The van der Waals surface area contributed by atoms with Gasteiger partial charge in [0.1, 0.15) is 11.9 Å². The topological polar surface area (TPSA) is 79.0 Å². The predicted octanol–water partition coefficient (Wildman–Crippen LogP) is 3.93. The molecule has 0 saturated carbocycles. The third-order valence-electron chi connectivity index (χ3n) is 6.30. The van der Waals surface area contributed by atoms with E-state index in [9.17, 15) is 18.8 Å². The van der Waals surface area contributed by atoms with Gasteiger partial charge in [-0.2, -0.15) is 5.01 Å². The molecule has 2 heterocycles. The van der Waals surface area contributed by atoms with E-state index in [0.29, 0.717) is 11.1 Å². The van der Waals surface area contributed by atoms with Gasteiger partial charge in [0.2, 0.25) is 0 Å². The Hall–Kier alpha value is -4.30. The average molecular weight is 486 g/mol. The van der Waals surface area contributed by atoms with Gasteiger partial charge in [0.25, 0.3) is 11.8 Å². The monoisotopic (exact) mass is 485 g/mol. The standard InChI is InChI=1S/C28H24FN3O4/c1-2-36-28(35)22-17-31-27(34)23(30-26(33)19-12-7-4-8-13-19)25(18-10-5-3-6-11-18)32(31)24(22)20-14-9-15-21(29)16-20/h3-17,23-25H,2H2,1H3,(H,30,33)/t23-,24+,25-/m1/s1. The first-order valence-corrected chi connectivity index (χ1v) is 11.7. The molecule has 7 nitrogen and oxygen atoms in total. The molecule has 3 aromatic rings. The van der Waals surface area contributed by atoms with Gasteiger partial charge in [0, 0.05) is 11.8 Å². The minimum absolute atomic E-state index is 0.151. The molecule has 3 atom stereocenters. The van der Waals surface area contributed by atoms with Gasteiger partial charge >= 0.3 is 5.97 Å². The molecule has 0 spiro atoms. The fraction of sp³-hybridized carbons (Fsp3) is 0.179. The van der Waals surface area contributed by atoms with Crippen molar-refractivity contribution in [3.63, 3.8) is 0 Å². The number of carbonyl (C=O) groups is 3. The van der Waals surface area contributed by atoms with Crippen molar-refractivity contribution in [2.75, 3.05) is 6.61 Å². The van der Waals surface area contributed by atoms with Crippen LogP contribution in [0.4, 0.5) is 4.39 Å². The molecule has 182 valence electrons. The van der Waals surface area contributed by atoms with Gasteiger partial charge in [-0.3, -0.25) is 9.59 Å². The molecule has 2 amide bonds. The normalized spacial score (nSPS) is 21.2. The molecule has 1 saturated heterocycles. The summed E-state index contributed by atoms with van der Waals surface area (Å²) in [5.74, 6) is -1.86. The number of hydrazine groups is 1. The van der Waals surface area contributed by atoms with E-state index in [4.69, 9.17) is 4.74 Å². The number of esters is 1. The van der Waals surface area contributed by atoms with E-state index in [1.807, 2.05) is 30.3 Å². The van der Waals surface area contributed by atoms with E-state index in [-0.39, 0.29) is 12.2 Å². The lowest BCUT2D eigenvalue weighted by atomic mass is 9.93. The zero-order valence-electron chi connectivity index (χ0n) is 19.5. The van der Waals surface area contributed by atoms with Crippen molar-refractivity contribution >= 4 is 17.8 Å². The second-order valence-electron chi connectivity index (χ2n) is 8.50. The second-order valence-corrected chi connectivity index (χ2v) is 8.50. The molecule has 0 unspecified atom stereocenters. The minimum atomic E-state index is -0.948. The van der Waals surface area contributed by atoms with Crippen LogP contribution in [-0.4, -0.2) is 40.5 Å². The van der Waals surface area contributed by atoms with Crippen LogP contribution in [0.3, 0.4) is 0 Å². The Labute approximate surface area is 207 Å². The van der Waals surface area contributed by atoms with E-state index in [1.165, 1.54) is 23.3 Å². The number of benzene rings is 3.